The number of amides is 1. The molecular formula is C19H18N4O4S2. The number of nitrogens with one attached hydrogen (secondary N) is 1. The van der Waals surface area contributed by atoms with E-state index in [4.69, 9.17) is 0 Å². The lowest BCUT2D eigenvalue weighted by Crippen LogP contribution is -2.25. The second-order valence-electron chi connectivity index (χ2n) is 6.85. The Hall–Kier alpha value is -2.72. The van der Waals surface area contributed by atoms with Crippen molar-refractivity contribution < 1.29 is 9.72 Å². The largest absolute Gasteiger partial charge is 0.325 e. The van der Waals surface area contributed by atoms with Crippen LogP contribution in [0.15, 0.2) is 34.2 Å². The van der Waals surface area contributed by atoms with Crippen LogP contribution in [0, 0.1) is 10.1 Å². The monoisotopic (exact) mass is 430 g/mol. The highest BCUT2D eigenvalue weighted by molar-refractivity contribution is 8.00. The predicted molar refractivity (Wildman–Crippen MR) is 114 cm³/mol. The Morgan fingerprint density at radius 1 is 1.34 bits per heavy atom. The Balaban J connectivity index is 1.53. The van der Waals surface area contributed by atoms with E-state index in [1.165, 1.54) is 45.5 Å². The first-order chi connectivity index (χ1) is 13.8. The molecule has 0 radical (unpaired) electrons. The molecule has 0 fully saturated rings. The highest BCUT2D eigenvalue weighted by Gasteiger charge is 2.24. The van der Waals surface area contributed by atoms with Crippen molar-refractivity contribution in [2.75, 3.05) is 5.32 Å². The average molecular weight is 431 g/mol. The molecule has 3 aromatic rings. The summed E-state index contributed by atoms with van der Waals surface area (Å²) in [5.74, 6) is -0.271. The van der Waals surface area contributed by atoms with Crippen LogP contribution in [0.5, 0.6) is 0 Å². The van der Waals surface area contributed by atoms with Crippen molar-refractivity contribution in [2.45, 2.75) is 36.6 Å². The Morgan fingerprint density at radius 3 is 2.76 bits per heavy atom. The van der Waals surface area contributed by atoms with Gasteiger partial charge in [-0.15, -0.1) is 11.3 Å². The molecule has 29 heavy (non-hydrogen) atoms. The Morgan fingerprint density at radius 2 is 2.07 bits per heavy atom. The maximum absolute atomic E-state index is 12.9. The minimum absolute atomic E-state index is 0.0410. The molecule has 0 spiro atoms. The Kier molecular flexibility index (Phi) is 5.13. The summed E-state index contributed by atoms with van der Waals surface area (Å²) < 4.78 is 1.51. The summed E-state index contributed by atoms with van der Waals surface area (Å²) in [6, 6.07) is 5.65. The van der Waals surface area contributed by atoms with Crippen molar-refractivity contribution in [3.63, 3.8) is 0 Å². The van der Waals surface area contributed by atoms with Gasteiger partial charge >= 0.3 is 0 Å². The van der Waals surface area contributed by atoms with E-state index >= 15 is 0 Å². The van der Waals surface area contributed by atoms with E-state index in [-0.39, 0.29) is 17.2 Å². The molecule has 1 N–H and O–H groups in total. The SMILES string of the molecule is CC(Sc1nc2sc3c(c2c(=O)n1C)CCC3)C(=O)Nc1ccc([N+](=O)[O-])cc1. The maximum Gasteiger partial charge on any atom is 0.269 e. The van der Waals surface area contributed by atoms with E-state index in [9.17, 15) is 19.7 Å². The van der Waals surface area contributed by atoms with Gasteiger partial charge in [0, 0.05) is 29.7 Å². The lowest BCUT2D eigenvalue weighted by molar-refractivity contribution is -0.384. The molecule has 1 aliphatic carbocycles. The zero-order chi connectivity index (χ0) is 20.7. The van der Waals surface area contributed by atoms with E-state index in [0.29, 0.717) is 10.8 Å². The number of hydrogen-bond acceptors (Lipinski definition) is 7. The van der Waals surface area contributed by atoms with Gasteiger partial charge in [-0.25, -0.2) is 4.98 Å². The molecule has 0 saturated carbocycles. The minimum atomic E-state index is -0.507. The number of rotatable bonds is 5. The molecule has 150 valence electrons. The smallest absolute Gasteiger partial charge is 0.269 e. The number of aryl methyl sites for hydroxylation is 2. The van der Waals surface area contributed by atoms with Gasteiger partial charge in [0.25, 0.3) is 11.2 Å². The fourth-order valence-electron chi connectivity index (χ4n) is 3.33. The van der Waals surface area contributed by atoms with Gasteiger partial charge in [-0.3, -0.25) is 24.3 Å². The number of nitrogens with zero attached hydrogens (tertiary/aromatic N) is 3. The number of thioether (sulfide) groups is 1. The molecule has 1 aromatic carbocycles. The number of fused-ring (bicyclic) bond motifs is 3. The molecule has 8 nitrogen and oxygen atoms in total. The highest BCUT2D eigenvalue weighted by atomic mass is 32.2. The van der Waals surface area contributed by atoms with Crippen LogP contribution >= 0.6 is 23.1 Å². The van der Waals surface area contributed by atoms with Gasteiger partial charge in [0.2, 0.25) is 5.91 Å². The van der Waals surface area contributed by atoms with Crippen molar-refractivity contribution >= 4 is 50.6 Å². The van der Waals surface area contributed by atoms with Gasteiger partial charge in [-0.1, -0.05) is 11.8 Å². The second kappa shape index (κ2) is 7.60. The number of non-ortho nitro benzene ring substituents is 1. The number of nitro groups is 1. The Labute approximate surface area is 174 Å². The van der Waals surface area contributed by atoms with Gasteiger partial charge < -0.3 is 5.32 Å². The molecule has 10 heteroatoms. The first kappa shape index (κ1) is 19.6. The normalized spacial score (nSPS) is 14.0. The number of carbonyl (C=O) groups excluding carboxylic acids is 1. The number of nitro benzene ring substituents is 1. The topological polar surface area (TPSA) is 107 Å². The standard InChI is InChI=1S/C19H18N4O4S2/c1-10(16(24)20-11-6-8-12(9-7-11)23(26)27)28-19-21-17-15(18(25)22(19)2)13-4-3-5-14(13)29-17/h6-10H,3-5H2,1-2H3,(H,20,24). The first-order valence-corrected chi connectivity index (χ1v) is 10.8. The average Bonchev–Trinajstić information content (AvgIpc) is 3.27. The number of anilines is 1. The van der Waals surface area contributed by atoms with Crippen LogP contribution in [-0.2, 0) is 24.7 Å². The third kappa shape index (κ3) is 3.65. The van der Waals surface area contributed by atoms with E-state index in [1.807, 2.05) is 0 Å². The van der Waals surface area contributed by atoms with Crippen molar-refractivity contribution in [3.05, 3.63) is 55.2 Å². The molecule has 2 heterocycles. The van der Waals surface area contributed by atoms with Gasteiger partial charge in [-0.2, -0.15) is 0 Å². The van der Waals surface area contributed by atoms with Crippen molar-refractivity contribution in [1.82, 2.24) is 9.55 Å². The van der Waals surface area contributed by atoms with Gasteiger partial charge in [0.1, 0.15) is 4.83 Å². The van der Waals surface area contributed by atoms with Crippen molar-refractivity contribution in [2.24, 2.45) is 7.05 Å². The van der Waals surface area contributed by atoms with Crippen LogP contribution in [0.25, 0.3) is 10.2 Å². The second-order valence-corrected chi connectivity index (χ2v) is 9.24. The molecule has 0 bridgehead atoms. The summed E-state index contributed by atoms with van der Waals surface area (Å²) in [5.41, 5.74) is 1.50. The molecule has 1 aliphatic rings. The lowest BCUT2D eigenvalue weighted by Gasteiger charge is -2.13. The predicted octanol–water partition coefficient (Wildman–Crippen LogP) is 3.51. The quantitative estimate of drug-likeness (QED) is 0.287. The molecule has 2 aromatic heterocycles. The minimum Gasteiger partial charge on any atom is -0.325 e. The third-order valence-electron chi connectivity index (χ3n) is 4.90. The summed E-state index contributed by atoms with van der Waals surface area (Å²) in [5, 5.41) is 14.2. The molecule has 1 amide bonds. The molecule has 0 aliphatic heterocycles. The maximum atomic E-state index is 12.9. The summed E-state index contributed by atoms with van der Waals surface area (Å²) in [6.45, 7) is 1.73. The van der Waals surface area contributed by atoms with Crippen LogP contribution in [0.3, 0.4) is 0 Å². The number of carbonyl (C=O) groups is 1. The van der Waals surface area contributed by atoms with Gasteiger partial charge in [-0.05, 0) is 43.9 Å². The first-order valence-electron chi connectivity index (χ1n) is 9.08. The zero-order valence-electron chi connectivity index (χ0n) is 15.8. The van der Waals surface area contributed by atoms with Crippen LogP contribution in [0.2, 0.25) is 0 Å². The lowest BCUT2D eigenvalue weighted by atomic mass is 10.2. The fraction of sp³-hybridized carbons (Fsp3) is 0.316. The number of thiophene rings is 1. The third-order valence-corrected chi connectivity index (χ3v) is 7.23. The van der Waals surface area contributed by atoms with Gasteiger partial charge in [0.05, 0.1) is 15.6 Å². The van der Waals surface area contributed by atoms with Crippen LogP contribution in [0.1, 0.15) is 23.8 Å². The summed E-state index contributed by atoms with van der Waals surface area (Å²) in [6.07, 6.45) is 3.00. The fourth-order valence-corrected chi connectivity index (χ4v) is 5.51. The highest BCUT2D eigenvalue weighted by Crippen LogP contribution is 2.35. The molecule has 1 atom stereocenters. The van der Waals surface area contributed by atoms with E-state index in [2.05, 4.69) is 10.3 Å². The van der Waals surface area contributed by atoms with Crippen molar-refractivity contribution in [3.8, 4) is 0 Å². The number of aromatic nitrogens is 2. The van der Waals surface area contributed by atoms with E-state index in [1.54, 1.807) is 25.3 Å². The van der Waals surface area contributed by atoms with Crippen LogP contribution < -0.4 is 10.9 Å². The molecular weight excluding hydrogens is 412 g/mol. The van der Waals surface area contributed by atoms with E-state index < -0.39 is 10.2 Å². The molecule has 0 saturated heterocycles. The van der Waals surface area contributed by atoms with Crippen LogP contribution in [0.4, 0.5) is 11.4 Å². The summed E-state index contributed by atoms with van der Waals surface area (Å²) in [7, 11) is 1.68. The van der Waals surface area contributed by atoms with Crippen molar-refractivity contribution in [1.29, 1.82) is 0 Å². The van der Waals surface area contributed by atoms with Crippen LogP contribution in [-0.4, -0.2) is 25.6 Å². The number of hydrogen-bond donors (Lipinski definition) is 1. The Bertz CT molecular complexity index is 1180. The summed E-state index contributed by atoms with van der Waals surface area (Å²) in [4.78, 5) is 42.3. The van der Waals surface area contributed by atoms with E-state index in [0.717, 1.165) is 35.0 Å². The zero-order valence-corrected chi connectivity index (χ0v) is 17.4. The van der Waals surface area contributed by atoms with Gasteiger partial charge in [0.15, 0.2) is 5.16 Å². The molecule has 4 rings (SSSR count). The molecule has 1 unspecified atom stereocenters. The summed E-state index contributed by atoms with van der Waals surface area (Å²) >= 11 is 2.79. The number of benzene rings is 1.